The van der Waals surface area contributed by atoms with E-state index in [1.807, 2.05) is 6.92 Å². The summed E-state index contributed by atoms with van der Waals surface area (Å²) in [5.41, 5.74) is 0.0272. The van der Waals surface area contributed by atoms with Crippen LogP contribution in [0, 0.1) is 10.1 Å². The number of nitrogens with one attached hydrogen (secondary N) is 2. The molecule has 1 heterocycles. The minimum absolute atomic E-state index is 0.0272. The van der Waals surface area contributed by atoms with Crippen molar-refractivity contribution < 1.29 is 4.92 Å². The standard InChI is InChI=1S/C15H26N4O2/c1-4-6-7-8-12(3)17-15-13(19(20)21)9-10-14(18-15)16-11-5-2/h9-10,12H,4-8,11H2,1-3H3,(H2,16,17,18). The number of aromatic nitrogens is 1. The van der Waals surface area contributed by atoms with Crippen molar-refractivity contribution in [3.05, 3.63) is 22.2 Å². The molecule has 1 unspecified atom stereocenters. The molecule has 21 heavy (non-hydrogen) atoms. The third kappa shape index (κ3) is 5.97. The summed E-state index contributed by atoms with van der Waals surface area (Å²) < 4.78 is 0. The molecule has 6 nitrogen and oxygen atoms in total. The summed E-state index contributed by atoms with van der Waals surface area (Å²) in [5, 5.41) is 17.4. The van der Waals surface area contributed by atoms with Gasteiger partial charge in [0.15, 0.2) is 0 Å². The van der Waals surface area contributed by atoms with Crippen molar-refractivity contribution in [2.24, 2.45) is 0 Å². The van der Waals surface area contributed by atoms with Gasteiger partial charge in [0.05, 0.1) is 4.92 Å². The van der Waals surface area contributed by atoms with Gasteiger partial charge in [-0.3, -0.25) is 10.1 Å². The maximum absolute atomic E-state index is 11.1. The van der Waals surface area contributed by atoms with Crippen LogP contribution in [0.4, 0.5) is 17.3 Å². The maximum Gasteiger partial charge on any atom is 0.311 e. The van der Waals surface area contributed by atoms with Crippen LogP contribution in [0.1, 0.15) is 52.9 Å². The van der Waals surface area contributed by atoms with E-state index in [9.17, 15) is 10.1 Å². The molecule has 1 atom stereocenters. The molecule has 118 valence electrons. The first-order chi connectivity index (χ1) is 10.1. The largest absolute Gasteiger partial charge is 0.370 e. The van der Waals surface area contributed by atoms with Gasteiger partial charge in [-0.2, -0.15) is 0 Å². The molecule has 0 bridgehead atoms. The zero-order valence-electron chi connectivity index (χ0n) is 13.2. The van der Waals surface area contributed by atoms with Crippen molar-refractivity contribution in [2.75, 3.05) is 17.2 Å². The van der Waals surface area contributed by atoms with Gasteiger partial charge in [0.25, 0.3) is 0 Å². The number of hydrogen-bond acceptors (Lipinski definition) is 5. The highest BCUT2D eigenvalue weighted by Gasteiger charge is 2.17. The number of nitrogens with zero attached hydrogens (tertiary/aromatic N) is 2. The number of nitro groups is 1. The topological polar surface area (TPSA) is 80.1 Å². The van der Waals surface area contributed by atoms with E-state index < -0.39 is 4.92 Å². The van der Waals surface area contributed by atoms with E-state index in [4.69, 9.17) is 0 Å². The molecule has 1 rings (SSSR count). The van der Waals surface area contributed by atoms with E-state index in [1.54, 1.807) is 6.07 Å². The van der Waals surface area contributed by atoms with E-state index in [0.29, 0.717) is 11.6 Å². The second-order valence-corrected chi connectivity index (χ2v) is 5.29. The molecule has 0 radical (unpaired) electrons. The molecule has 6 heteroatoms. The van der Waals surface area contributed by atoms with E-state index in [-0.39, 0.29) is 11.7 Å². The summed E-state index contributed by atoms with van der Waals surface area (Å²) in [6.07, 6.45) is 5.43. The van der Waals surface area contributed by atoms with Gasteiger partial charge < -0.3 is 10.6 Å². The summed E-state index contributed by atoms with van der Waals surface area (Å²) in [6, 6.07) is 3.33. The maximum atomic E-state index is 11.1. The zero-order chi connectivity index (χ0) is 15.7. The van der Waals surface area contributed by atoms with Crippen molar-refractivity contribution in [1.29, 1.82) is 0 Å². The second-order valence-electron chi connectivity index (χ2n) is 5.29. The Morgan fingerprint density at radius 3 is 2.67 bits per heavy atom. The summed E-state index contributed by atoms with van der Waals surface area (Å²) in [4.78, 5) is 15.0. The van der Waals surface area contributed by atoms with E-state index in [2.05, 4.69) is 29.5 Å². The van der Waals surface area contributed by atoms with Gasteiger partial charge in [0.1, 0.15) is 5.82 Å². The Kier molecular flexibility index (Phi) is 7.50. The van der Waals surface area contributed by atoms with E-state index in [0.717, 1.165) is 25.8 Å². The first kappa shape index (κ1) is 17.2. The smallest absolute Gasteiger partial charge is 0.311 e. The molecule has 0 saturated carbocycles. The Morgan fingerprint density at radius 1 is 1.29 bits per heavy atom. The van der Waals surface area contributed by atoms with Crippen LogP contribution < -0.4 is 10.6 Å². The monoisotopic (exact) mass is 294 g/mol. The number of hydrogen-bond donors (Lipinski definition) is 2. The number of anilines is 2. The first-order valence-corrected chi connectivity index (χ1v) is 7.74. The van der Waals surface area contributed by atoms with Crippen molar-refractivity contribution in [3.8, 4) is 0 Å². The number of pyridine rings is 1. The highest BCUT2D eigenvalue weighted by molar-refractivity contribution is 5.60. The van der Waals surface area contributed by atoms with Crippen molar-refractivity contribution in [2.45, 2.75) is 58.9 Å². The number of unbranched alkanes of at least 4 members (excludes halogenated alkanes) is 2. The van der Waals surface area contributed by atoms with Gasteiger partial charge in [-0.05, 0) is 25.8 Å². The molecular weight excluding hydrogens is 268 g/mol. The van der Waals surface area contributed by atoms with Crippen LogP contribution in [-0.4, -0.2) is 22.5 Å². The van der Waals surface area contributed by atoms with Gasteiger partial charge in [-0.1, -0.05) is 33.1 Å². The molecule has 0 saturated heterocycles. The van der Waals surface area contributed by atoms with Crippen LogP contribution in [-0.2, 0) is 0 Å². The Hall–Kier alpha value is -1.85. The van der Waals surface area contributed by atoms with Crippen molar-refractivity contribution in [3.63, 3.8) is 0 Å². The lowest BCUT2D eigenvalue weighted by molar-refractivity contribution is -0.384. The Labute approximate surface area is 126 Å². The second kappa shape index (κ2) is 9.15. The molecule has 1 aromatic rings. The summed E-state index contributed by atoms with van der Waals surface area (Å²) in [7, 11) is 0. The minimum atomic E-state index is -0.391. The highest BCUT2D eigenvalue weighted by atomic mass is 16.6. The lowest BCUT2D eigenvalue weighted by atomic mass is 10.1. The summed E-state index contributed by atoms with van der Waals surface area (Å²) in [5.74, 6) is 1.02. The fourth-order valence-corrected chi connectivity index (χ4v) is 2.06. The van der Waals surface area contributed by atoms with Crippen LogP contribution in [0.25, 0.3) is 0 Å². The van der Waals surface area contributed by atoms with Crippen LogP contribution in [0.5, 0.6) is 0 Å². The average Bonchev–Trinajstić information content (AvgIpc) is 2.45. The molecule has 2 N–H and O–H groups in total. The molecular formula is C15H26N4O2. The Bertz CT molecular complexity index is 451. The van der Waals surface area contributed by atoms with Crippen molar-refractivity contribution in [1.82, 2.24) is 4.98 Å². The van der Waals surface area contributed by atoms with Gasteiger partial charge in [-0.15, -0.1) is 0 Å². The third-order valence-corrected chi connectivity index (χ3v) is 3.25. The predicted octanol–water partition coefficient (Wildman–Crippen LogP) is 4.19. The summed E-state index contributed by atoms with van der Waals surface area (Å²) >= 11 is 0. The van der Waals surface area contributed by atoms with Gasteiger partial charge >= 0.3 is 5.69 Å². The molecule has 0 aliphatic carbocycles. The first-order valence-electron chi connectivity index (χ1n) is 7.74. The normalized spacial score (nSPS) is 12.0. The number of rotatable bonds is 10. The molecule has 1 aromatic heterocycles. The molecule has 0 spiro atoms. The Morgan fingerprint density at radius 2 is 2.05 bits per heavy atom. The van der Waals surface area contributed by atoms with Crippen LogP contribution >= 0.6 is 0 Å². The molecule has 0 fully saturated rings. The molecule has 0 aliphatic heterocycles. The van der Waals surface area contributed by atoms with Gasteiger partial charge in [0.2, 0.25) is 5.82 Å². The molecule has 0 aliphatic rings. The third-order valence-electron chi connectivity index (χ3n) is 3.25. The van der Waals surface area contributed by atoms with Crippen molar-refractivity contribution >= 4 is 17.3 Å². The van der Waals surface area contributed by atoms with Gasteiger partial charge in [-0.25, -0.2) is 4.98 Å². The van der Waals surface area contributed by atoms with Gasteiger partial charge in [0, 0.05) is 18.7 Å². The average molecular weight is 294 g/mol. The fourth-order valence-electron chi connectivity index (χ4n) is 2.06. The fraction of sp³-hybridized carbons (Fsp3) is 0.667. The lowest BCUT2D eigenvalue weighted by Crippen LogP contribution is -2.17. The summed E-state index contributed by atoms with van der Waals surface area (Å²) in [6.45, 7) is 7.06. The predicted molar refractivity (Wildman–Crippen MR) is 86.9 cm³/mol. The molecule has 0 amide bonds. The SMILES string of the molecule is CCCCCC(C)Nc1nc(NCCC)ccc1[N+](=O)[O-]. The lowest BCUT2D eigenvalue weighted by Gasteiger charge is -2.15. The van der Waals surface area contributed by atoms with Crippen LogP contribution in [0.15, 0.2) is 12.1 Å². The minimum Gasteiger partial charge on any atom is -0.370 e. The van der Waals surface area contributed by atoms with E-state index >= 15 is 0 Å². The van der Waals surface area contributed by atoms with Crippen LogP contribution in [0.3, 0.4) is 0 Å². The van der Waals surface area contributed by atoms with E-state index in [1.165, 1.54) is 18.9 Å². The van der Waals surface area contributed by atoms with Crippen LogP contribution in [0.2, 0.25) is 0 Å². The molecule has 0 aromatic carbocycles. The highest BCUT2D eigenvalue weighted by Crippen LogP contribution is 2.25. The quantitative estimate of drug-likeness (QED) is 0.384. The Balaban J connectivity index is 2.77. The zero-order valence-corrected chi connectivity index (χ0v) is 13.2.